The molecule has 0 radical (unpaired) electrons. The molecule has 1 aliphatic heterocycles. The number of hydrogen-bond donors (Lipinski definition) is 1. The van der Waals surface area contributed by atoms with E-state index in [-0.39, 0.29) is 30.6 Å². The van der Waals surface area contributed by atoms with Crippen LogP contribution in [0.2, 0.25) is 0 Å². The van der Waals surface area contributed by atoms with Crippen LogP contribution in [0, 0.1) is 5.92 Å². The van der Waals surface area contributed by atoms with Crippen LogP contribution in [-0.4, -0.2) is 74.7 Å². The van der Waals surface area contributed by atoms with Gasteiger partial charge in [-0.1, -0.05) is 49.4 Å². The summed E-state index contributed by atoms with van der Waals surface area (Å²) in [5.41, 5.74) is 3.28. The van der Waals surface area contributed by atoms with Crippen LogP contribution in [0.4, 0.5) is 0 Å². The van der Waals surface area contributed by atoms with Crippen molar-refractivity contribution in [1.82, 2.24) is 24.8 Å². The second kappa shape index (κ2) is 11.9. The van der Waals surface area contributed by atoms with Gasteiger partial charge in [0.2, 0.25) is 5.88 Å². The molecule has 0 bridgehead atoms. The van der Waals surface area contributed by atoms with Crippen LogP contribution in [-0.2, 0) is 6.54 Å². The van der Waals surface area contributed by atoms with Crippen LogP contribution in [0.25, 0.3) is 12.2 Å². The zero-order valence-corrected chi connectivity index (χ0v) is 21.0. The van der Waals surface area contributed by atoms with Crippen molar-refractivity contribution in [2.45, 2.75) is 32.5 Å². The quantitative estimate of drug-likeness (QED) is 0.521. The minimum absolute atomic E-state index is 0.0185. The third-order valence-electron chi connectivity index (χ3n) is 6.37. The summed E-state index contributed by atoms with van der Waals surface area (Å²) in [7, 11) is 2.02. The number of fused-ring (bicyclic) bond motifs is 1. The molecular weight excluding hydrogens is 454 g/mol. The summed E-state index contributed by atoms with van der Waals surface area (Å²) in [6.45, 7) is 5.58. The number of benzene rings is 1. The number of pyridine rings is 1. The van der Waals surface area contributed by atoms with Gasteiger partial charge in [-0.05, 0) is 31.2 Å². The number of carbonyl (C=O) groups is 1. The molecule has 3 atom stereocenters. The van der Waals surface area contributed by atoms with Crippen molar-refractivity contribution in [3.63, 3.8) is 0 Å². The molecular formula is C28H33N5O3. The molecule has 2 aromatic heterocycles. The Morgan fingerprint density at radius 2 is 1.89 bits per heavy atom. The molecule has 1 aromatic carbocycles. The molecule has 0 fully saturated rings. The summed E-state index contributed by atoms with van der Waals surface area (Å²) in [5.74, 6) is 0.152. The van der Waals surface area contributed by atoms with Crippen molar-refractivity contribution in [2.24, 2.45) is 5.92 Å². The van der Waals surface area contributed by atoms with Crippen molar-refractivity contribution in [2.75, 3.05) is 26.7 Å². The van der Waals surface area contributed by atoms with Crippen molar-refractivity contribution in [3.05, 3.63) is 83.6 Å². The lowest BCUT2D eigenvalue weighted by Gasteiger charge is -2.37. The Bertz CT molecular complexity index is 1170. The van der Waals surface area contributed by atoms with Crippen LogP contribution in [0.1, 0.15) is 40.9 Å². The molecule has 8 heteroatoms. The highest BCUT2D eigenvalue weighted by atomic mass is 16.5. The number of rotatable bonds is 8. The monoisotopic (exact) mass is 487 g/mol. The lowest BCUT2D eigenvalue weighted by atomic mass is 9.99. The van der Waals surface area contributed by atoms with Gasteiger partial charge < -0.3 is 14.7 Å². The summed E-state index contributed by atoms with van der Waals surface area (Å²) in [6, 6.07) is 11.5. The van der Waals surface area contributed by atoms with Crippen molar-refractivity contribution < 1.29 is 14.6 Å². The van der Waals surface area contributed by atoms with Crippen molar-refractivity contribution in [3.8, 4) is 5.88 Å². The number of carbonyl (C=O) groups excluding carboxylic acids is 1. The fourth-order valence-electron chi connectivity index (χ4n) is 4.28. The molecule has 0 saturated heterocycles. The fourth-order valence-corrected chi connectivity index (χ4v) is 4.28. The average Bonchev–Trinajstić information content (AvgIpc) is 2.90. The maximum atomic E-state index is 13.6. The molecule has 0 aliphatic carbocycles. The Balaban J connectivity index is 1.61. The summed E-state index contributed by atoms with van der Waals surface area (Å²) >= 11 is 0. The smallest absolute Gasteiger partial charge is 0.259 e. The van der Waals surface area contributed by atoms with Gasteiger partial charge >= 0.3 is 0 Å². The van der Waals surface area contributed by atoms with E-state index in [0.717, 1.165) is 16.7 Å². The summed E-state index contributed by atoms with van der Waals surface area (Å²) in [6.07, 6.45) is 10.6. The summed E-state index contributed by atoms with van der Waals surface area (Å²) in [5, 5.41) is 9.87. The Kier molecular flexibility index (Phi) is 8.40. The lowest BCUT2D eigenvalue weighted by molar-refractivity contribution is 0.0325. The molecule has 188 valence electrons. The van der Waals surface area contributed by atoms with Crippen LogP contribution in [0.5, 0.6) is 5.88 Å². The zero-order valence-electron chi connectivity index (χ0n) is 21.0. The number of nitrogens with zero attached hydrogens (tertiary/aromatic N) is 5. The number of aromatic nitrogens is 3. The highest BCUT2D eigenvalue weighted by molar-refractivity contribution is 5.97. The normalized spacial score (nSPS) is 19.0. The van der Waals surface area contributed by atoms with Crippen LogP contribution in [0.3, 0.4) is 0 Å². The Morgan fingerprint density at radius 1 is 1.17 bits per heavy atom. The van der Waals surface area contributed by atoms with E-state index in [9.17, 15) is 9.90 Å². The molecule has 1 amide bonds. The van der Waals surface area contributed by atoms with Gasteiger partial charge in [0.05, 0.1) is 12.6 Å². The van der Waals surface area contributed by atoms with E-state index in [4.69, 9.17) is 4.74 Å². The molecule has 1 aliphatic rings. The summed E-state index contributed by atoms with van der Waals surface area (Å²) < 4.78 is 6.39. The van der Waals surface area contributed by atoms with E-state index in [2.05, 4.69) is 26.8 Å². The number of aliphatic hydroxyl groups excluding tert-OH is 1. The van der Waals surface area contributed by atoms with Crippen LogP contribution < -0.4 is 4.74 Å². The maximum Gasteiger partial charge on any atom is 0.259 e. The molecule has 0 saturated carbocycles. The Labute approximate surface area is 212 Å². The first-order valence-electron chi connectivity index (χ1n) is 12.2. The third kappa shape index (κ3) is 6.33. The van der Waals surface area contributed by atoms with Gasteiger partial charge in [0.25, 0.3) is 5.91 Å². The van der Waals surface area contributed by atoms with Gasteiger partial charge in [0, 0.05) is 49.7 Å². The molecule has 0 spiro atoms. The molecule has 3 heterocycles. The van der Waals surface area contributed by atoms with Gasteiger partial charge in [-0.15, -0.1) is 0 Å². The Hall–Kier alpha value is -3.62. The fraction of sp³-hybridized carbons (Fsp3) is 0.357. The van der Waals surface area contributed by atoms with Crippen LogP contribution >= 0.6 is 0 Å². The number of aliphatic hydroxyl groups is 1. The van der Waals surface area contributed by atoms with E-state index in [1.54, 1.807) is 23.5 Å². The van der Waals surface area contributed by atoms with Crippen LogP contribution in [0.15, 0.2) is 61.3 Å². The van der Waals surface area contributed by atoms with Gasteiger partial charge in [-0.2, -0.15) is 0 Å². The van der Waals surface area contributed by atoms with Gasteiger partial charge in [0.1, 0.15) is 18.0 Å². The molecule has 4 rings (SSSR count). The Morgan fingerprint density at radius 3 is 2.61 bits per heavy atom. The van der Waals surface area contributed by atoms with E-state index in [1.165, 1.54) is 6.33 Å². The second-order valence-corrected chi connectivity index (χ2v) is 9.43. The second-order valence-electron chi connectivity index (χ2n) is 9.43. The molecule has 8 nitrogen and oxygen atoms in total. The van der Waals surface area contributed by atoms with Crippen molar-refractivity contribution >= 4 is 18.1 Å². The van der Waals surface area contributed by atoms with E-state index in [0.29, 0.717) is 31.1 Å². The zero-order chi connectivity index (χ0) is 25.5. The molecule has 3 aromatic rings. The molecule has 0 unspecified atom stereocenters. The topological polar surface area (TPSA) is 91.7 Å². The number of ether oxygens (including phenoxy) is 1. The number of amides is 1. The predicted molar refractivity (Wildman–Crippen MR) is 139 cm³/mol. The predicted octanol–water partition coefficient (Wildman–Crippen LogP) is 3.39. The first kappa shape index (κ1) is 25.5. The highest BCUT2D eigenvalue weighted by Crippen LogP contribution is 2.28. The first-order chi connectivity index (χ1) is 17.4. The standard InChI is InChI=1S/C28H33N5O3/c1-20-15-33(21(2)18-34)28(35)25-11-23(10-9-22-7-5-4-6-8-22)14-31-27(25)36-26(20)17-32(3)16-24-12-29-19-30-13-24/h4-14,19-21,26,34H,15-18H2,1-3H3/b10-9+/t20-,21-,26+/m0/s1. The third-order valence-corrected chi connectivity index (χ3v) is 6.37. The minimum Gasteiger partial charge on any atom is -0.472 e. The first-order valence-corrected chi connectivity index (χ1v) is 12.2. The van der Waals surface area contributed by atoms with E-state index >= 15 is 0 Å². The number of hydrogen-bond acceptors (Lipinski definition) is 7. The summed E-state index contributed by atoms with van der Waals surface area (Å²) in [4.78, 5) is 30.2. The van der Waals surface area contributed by atoms with Gasteiger partial charge in [-0.3, -0.25) is 9.69 Å². The maximum absolute atomic E-state index is 13.6. The van der Waals surface area contributed by atoms with E-state index in [1.807, 2.05) is 62.5 Å². The lowest BCUT2D eigenvalue weighted by Crippen LogP contribution is -2.49. The highest BCUT2D eigenvalue weighted by Gasteiger charge is 2.34. The minimum atomic E-state index is -0.325. The molecule has 1 N–H and O–H groups in total. The van der Waals surface area contributed by atoms with Gasteiger partial charge in [-0.25, -0.2) is 15.0 Å². The van der Waals surface area contributed by atoms with Crippen molar-refractivity contribution in [1.29, 1.82) is 0 Å². The van der Waals surface area contributed by atoms with Gasteiger partial charge in [0.15, 0.2) is 0 Å². The largest absolute Gasteiger partial charge is 0.472 e. The van der Waals surface area contributed by atoms with E-state index < -0.39 is 0 Å². The molecule has 36 heavy (non-hydrogen) atoms. The SMILES string of the molecule is C[C@H]1CN([C@@H](C)CO)C(=O)c2cc(/C=C/c3ccccc3)cnc2O[C@@H]1CN(C)Cc1cncnc1. The number of likely N-dealkylation sites (N-methyl/N-ethyl adjacent to an activating group) is 1. The average molecular weight is 488 g/mol.